The summed E-state index contributed by atoms with van der Waals surface area (Å²) < 4.78 is 35.7. The molecule has 0 saturated heterocycles. The lowest BCUT2D eigenvalue weighted by atomic mass is 9.81. The number of hydrogen-bond acceptors (Lipinski definition) is 1. The minimum atomic E-state index is -4.17. The lowest BCUT2D eigenvalue weighted by Gasteiger charge is -2.23. The predicted molar refractivity (Wildman–Crippen MR) is 48.4 cm³/mol. The van der Waals surface area contributed by atoms with Crippen molar-refractivity contribution in [1.29, 1.82) is 0 Å². The van der Waals surface area contributed by atoms with Gasteiger partial charge in [-0.15, -0.1) is 0 Å². The summed E-state index contributed by atoms with van der Waals surface area (Å²) in [6.07, 6.45) is -2.27. The van der Waals surface area contributed by atoms with Crippen molar-refractivity contribution in [2.75, 3.05) is 0 Å². The molecule has 0 aromatic heterocycles. The Morgan fingerprint density at radius 1 is 1.27 bits per heavy atom. The fourth-order valence-electron chi connectivity index (χ4n) is 2.25. The molecule has 0 aromatic carbocycles. The zero-order chi connectivity index (χ0) is 11.5. The molecular formula is C10H15F3O2. The van der Waals surface area contributed by atoms with E-state index in [9.17, 15) is 18.0 Å². The second-order valence-corrected chi connectivity index (χ2v) is 4.26. The first-order valence-corrected chi connectivity index (χ1v) is 5.16. The second-order valence-electron chi connectivity index (χ2n) is 4.26. The molecule has 5 heteroatoms. The average molecular weight is 224 g/mol. The molecule has 0 radical (unpaired) electrons. The third kappa shape index (κ3) is 3.39. The van der Waals surface area contributed by atoms with E-state index in [1.54, 1.807) is 0 Å². The summed E-state index contributed by atoms with van der Waals surface area (Å²) in [4.78, 5) is 11.0. The van der Waals surface area contributed by atoms with Gasteiger partial charge in [-0.3, -0.25) is 4.79 Å². The molecule has 1 aliphatic rings. The number of hydrogen-bond donors (Lipinski definition) is 1. The third-order valence-corrected chi connectivity index (χ3v) is 3.13. The molecule has 0 atom stereocenters. The van der Waals surface area contributed by atoms with Crippen LogP contribution in [0.15, 0.2) is 0 Å². The highest BCUT2D eigenvalue weighted by molar-refractivity contribution is 5.74. The van der Waals surface area contributed by atoms with Gasteiger partial charge in [0.2, 0.25) is 0 Å². The van der Waals surface area contributed by atoms with E-state index >= 15 is 0 Å². The third-order valence-electron chi connectivity index (χ3n) is 3.13. The van der Waals surface area contributed by atoms with Crippen LogP contribution in [0.5, 0.6) is 0 Å². The van der Waals surface area contributed by atoms with Gasteiger partial charge in [0.15, 0.2) is 0 Å². The van der Waals surface area contributed by atoms with Crippen LogP contribution in [0.1, 0.15) is 44.9 Å². The van der Waals surface area contributed by atoms with Crippen LogP contribution < -0.4 is 0 Å². The van der Waals surface area contributed by atoms with E-state index in [1.807, 2.05) is 0 Å². The molecule has 1 N–H and O–H groups in total. The Labute approximate surface area is 86.5 Å². The number of alkyl halides is 3. The minimum Gasteiger partial charge on any atom is -0.481 e. The van der Waals surface area contributed by atoms with E-state index in [2.05, 4.69) is 0 Å². The molecule has 0 aliphatic heterocycles. The molecule has 2 nitrogen and oxygen atoms in total. The van der Waals surface area contributed by atoms with Gasteiger partial charge in [-0.25, -0.2) is 0 Å². The van der Waals surface area contributed by atoms with Crippen molar-refractivity contribution < 1.29 is 23.1 Å². The number of carboxylic acid groups (broad SMARTS) is 1. The van der Waals surface area contributed by atoms with E-state index in [1.165, 1.54) is 0 Å². The van der Waals surface area contributed by atoms with Gasteiger partial charge in [-0.1, -0.05) is 12.8 Å². The standard InChI is InChI=1S/C10H15F3O2/c11-10(12,13)7-3-6-9(8(14)15)4-1-2-5-9/h1-7H2,(H,14,15). The Bertz CT molecular complexity index is 229. The largest absolute Gasteiger partial charge is 0.481 e. The molecule has 1 fully saturated rings. The Kier molecular flexibility index (Phi) is 3.62. The summed E-state index contributed by atoms with van der Waals surface area (Å²) in [5.41, 5.74) is -0.870. The molecule has 0 heterocycles. The van der Waals surface area contributed by atoms with Crippen molar-refractivity contribution in [3.8, 4) is 0 Å². The number of carboxylic acids is 1. The first kappa shape index (κ1) is 12.3. The van der Waals surface area contributed by atoms with Crippen molar-refractivity contribution in [3.63, 3.8) is 0 Å². The van der Waals surface area contributed by atoms with Crippen LogP contribution in [0.4, 0.5) is 13.2 Å². The Morgan fingerprint density at radius 3 is 2.20 bits per heavy atom. The summed E-state index contributed by atoms with van der Waals surface area (Å²) in [5, 5.41) is 9.01. The minimum absolute atomic E-state index is 0.0736. The van der Waals surface area contributed by atoms with Gasteiger partial charge >= 0.3 is 12.1 Å². The number of carbonyl (C=O) groups is 1. The summed E-state index contributed by atoms with van der Waals surface area (Å²) in [7, 11) is 0. The Balaban J connectivity index is 2.43. The molecular weight excluding hydrogens is 209 g/mol. The fraction of sp³-hybridized carbons (Fsp3) is 0.900. The monoisotopic (exact) mass is 224 g/mol. The SMILES string of the molecule is O=C(O)C1(CCCC(F)(F)F)CCCC1. The maximum Gasteiger partial charge on any atom is 0.389 e. The average Bonchev–Trinajstić information content (AvgIpc) is 2.51. The van der Waals surface area contributed by atoms with Crippen LogP contribution in [-0.2, 0) is 4.79 Å². The quantitative estimate of drug-likeness (QED) is 0.794. The van der Waals surface area contributed by atoms with Gasteiger partial charge in [0.25, 0.3) is 0 Å². The zero-order valence-corrected chi connectivity index (χ0v) is 8.44. The second kappa shape index (κ2) is 4.41. The number of halogens is 3. The van der Waals surface area contributed by atoms with Crippen LogP contribution in [0, 0.1) is 5.41 Å². The van der Waals surface area contributed by atoms with E-state index in [0.29, 0.717) is 12.8 Å². The highest BCUT2D eigenvalue weighted by atomic mass is 19.4. The smallest absolute Gasteiger partial charge is 0.389 e. The van der Waals surface area contributed by atoms with E-state index in [4.69, 9.17) is 5.11 Å². The van der Waals surface area contributed by atoms with Crippen molar-refractivity contribution in [1.82, 2.24) is 0 Å². The Morgan fingerprint density at radius 2 is 1.80 bits per heavy atom. The van der Waals surface area contributed by atoms with Crippen LogP contribution in [-0.4, -0.2) is 17.3 Å². The lowest BCUT2D eigenvalue weighted by molar-refractivity contribution is -0.152. The molecule has 15 heavy (non-hydrogen) atoms. The van der Waals surface area contributed by atoms with Gasteiger partial charge in [0, 0.05) is 6.42 Å². The molecule has 0 unspecified atom stereocenters. The first-order valence-electron chi connectivity index (χ1n) is 5.16. The van der Waals surface area contributed by atoms with Crippen molar-refractivity contribution >= 4 is 5.97 Å². The van der Waals surface area contributed by atoms with Gasteiger partial charge in [0.1, 0.15) is 0 Å². The topological polar surface area (TPSA) is 37.3 Å². The molecule has 1 rings (SSSR count). The van der Waals surface area contributed by atoms with Crippen LogP contribution >= 0.6 is 0 Å². The van der Waals surface area contributed by atoms with Gasteiger partial charge < -0.3 is 5.11 Å². The van der Waals surface area contributed by atoms with E-state index < -0.39 is 24.0 Å². The van der Waals surface area contributed by atoms with Gasteiger partial charge in [0.05, 0.1) is 5.41 Å². The summed E-state index contributed by atoms with van der Waals surface area (Å²) in [5.74, 6) is -0.929. The number of rotatable bonds is 4. The molecule has 0 bridgehead atoms. The lowest BCUT2D eigenvalue weighted by Crippen LogP contribution is -2.28. The Hall–Kier alpha value is -0.740. The normalized spacial score (nSPS) is 20.5. The zero-order valence-electron chi connectivity index (χ0n) is 8.44. The maximum absolute atomic E-state index is 11.9. The van der Waals surface area contributed by atoms with Gasteiger partial charge in [-0.2, -0.15) is 13.2 Å². The van der Waals surface area contributed by atoms with Crippen LogP contribution in [0.2, 0.25) is 0 Å². The van der Waals surface area contributed by atoms with Crippen LogP contribution in [0.3, 0.4) is 0 Å². The predicted octanol–water partition coefficient (Wildman–Crippen LogP) is 3.36. The van der Waals surface area contributed by atoms with Crippen molar-refractivity contribution in [2.45, 2.75) is 51.1 Å². The molecule has 0 aromatic rings. The van der Waals surface area contributed by atoms with E-state index in [-0.39, 0.29) is 12.8 Å². The molecule has 0 spiro atoms. The van der Waals surface area contributed by atoms with Crippen LogP contribution in [0.25, 0.3) is 0 Å². The molecule has 1 saturated carbocycles. The van der Waals surface area contributed by atoms with Gasteiger partial charge in [-0.05, 0) is 25.7 Å². The highest BCUT2D eigenvalue weighted by Crippen LogP contribution is 2.43. The van der Waals surface area contributed by atoms with E-state index in [0.717, 1.165) is 12.8 Å². The fourth-order valence-corrected chi connectivity index (χ4v) is 2.25. The first-order chi connectivity index (χ1) is 6.86. The van der Waals surface area contributed by atoms with Crippen molar-refractivity contribution in [2.24, 2.45) is 5.41 Å². The maximum atomic E-state index is 11.9. The molecule has 0 amide bonds. The summed E-state index contributed by atoms with van der Waals surface area (Å²) in [6.45, 7) is 0. The highest BCUT2D eigenvalue weighted by Gasteiger charge is 2.41. The molecule has 1 aliphatic carbocycles. The number of aliphatic carboxylic acids is 1. The summed E-state index contributed by atoms with van der Waals surface area (Å²) in [6, 6.07) is 0. The molecule has 88 valence electrons. The summed E-state index contributed by atoms with van der Waals surface area (Å²) >= 11 is 0. The van der Waals surface area contributed by atoms with Crippen molar-refractivity contribution in [3.05, 3.63) is 0 Å².